The summed E-state index contributed by atoms with van der Waals surface area (Å²) < 4.78 is 38.6. The number of hydrogen-bond acceptors (Lipinski definition) is 8. The van der Waals surface area contributed by atoms with Gasteiger partial charge in [0.15, 0.2) is 0 Å². The van der Waals surface area contributed by atoms with E-state index in [1.54, 1.807) is 22.4 Å². The van der Waals surface area contributed by atoms with Crippen molar-refractivity contribution in [1.82, 2.24) is 15.0 Å². The fourth-order valence-electron chi connectivity index (χ4n) is 2.96. The van der Waals surface area contributed by atoms with Gasteiger partial charge in [-0.15, -0.1) is 11.3 Å². The molecule has 0 radical (unpaired) electrons. The molecule has 0 aliphatic carbocycles. The number of nitrogens with zero attached hydrogens (tertiary/aromatic N) is 3. The summed E-state index contributed by atoms with van der Waals surface area (Å²) in [6.45, 7) is 5.63. The first kappa shape index (κ1) is 20.5. The number of aromatic nitrogens is 2. The Kier molecular flexibility index (Phi) is 5.58. The highest BCUT2D eigenvalue weighted by atomic mass is 32.2. The van der Waals surface area contributed by atoms with Crippen molar-refractivity contribution in [1.29, 1.82) is 0 Å². The number of morpholine rings is 1. The molecule has 158 valence electrons. The van der Waals surface area contributed by atoms with E-state index in [0.717, 1.165) is 22.5 Å². The number of aryl methyl sites for hydroxylation is 1. The number of hydrogen-bond donors (Lipinski definition) is 1. The molecule has 30 heavy (non-hydrogen) atoms. The maximum absolute atomic E-state index is 12.8. The highest BCUT2D eigenvalue weighted by Gasteiger charge is 2.25. The van der Waals surface area contributed by atoms with E-state index in [2.05, 4.69) is 14.9 Å². The summed E-state index contributed by atoms with van der Waals surface area (Å²) in [5.74, 6) is -0.330. The first-order chi connectivity index (χ1) is 14.3. The van der Waals surface area contributed by atoms with E-state index in [9.17, 15) is 13.2 Å². The summed E-state index contributed by atoms with van der Waals surface area (Å²) in [5.41, 5.74) is 2.85. The smallest absolute Gasteiger partial charge is 0.316 e. The third-order valence-corrected chi connectivity index (χ3v) is 7.66. The molecule has 11 heteroatoms. The van der Waals surface area contributed by atoms with Crippen LogP contribution in [0.15, 0.2) is 38.4 Å². The van der Waals surface area contributed by atoms with Crippen molar-refractivity contribution in [2.45, 2.75) is 18.1 Å². The maximum atomic E-state index is 12.8. The van der Waals surface area contributed by atoms with Gasteiger partial charge in [0, 0.05) is 24.0 Å². The third-order valence-electron chi connectivity index (χ3n) is 4.85. The summed E-state index contributed by atoms with van der Waals surface area (Å²) in [4.78, 5) is 18.2. The van der Waals surface area contributed by atoms with Crippen molar-refractivity contribution < 1.29 is 22.5 Å². The van der Waals surface area contributed by atoms with Crippen molar-refractivity contribution in [3.63, 3.8) is 0 Å². The Morgan fingerprint density at radius 1 is 1.23 bits per heavy atom. The zero-order chi connectivity index (χ0) is 21.3. The molecule has 1 aliphatic rings. The molecule has 9 nitrogen and oxygen atoms in total. The minimum absolute atomic E-state index is 0.115. The van der Waals surface area contributed by atoms with Crippen molar-refractivity contribution in [2.75, 3.05) is 31.0 Å². The third kappa shape index (κ3) is 4.09. The lowest BCUT2D eigenvalue weighted by Crippen LogP contribution is -2.40. The molecule has 1 aliphatic heterocycles. The summed E-state index contributed by atoms with van der Waals surface area (Å²) >= 11 is 1.04. The van der Waals surface area contributed by atoms with E-state index >= 15 is 0 Å². The molecule has 1 fully saturated rings. The van der Waals surface area contributed by atoms with Crippen LogP contribution in [0.1, 0.15) is 21.8 Å². The van der Waals surface area contributed by atoms with Crippen LogP contribution in [0.4, 0.5) is 5.69 Å². The molecule has 1 saturated heterocycles. The van der Waals surface area contributed by atoms with Crippen molar-refractivity contribution in [3.8, 4) is 11.4 Å². The van der Waals surface area contributed by atoms with E-state index in [0.29, 0.717) is 37.6 Å². The molecular weight excluding hydrogens is 428 g/mol. The second-order valence-electron chi connectivity index (χ2n) is 6.84. The molecule has 0 spiro atoms. The average Bonchev–Trinajstić information content (AvgIpc) is 3.41. The highest BCUT2D eigenvalue weighted by Crippen LogP contribution is 2.29. The Morgan fingerprint density at radius 2 is 2.00 bits per heavy atom. The average molecular weight is 449 g/mol. The van der Waals surface area contributed by atoms with Crippen LogP contribution in [-0.2, 0) is 14.8 Å². The standard InChI is InChI=1S/C19H20N4O5S2/c1-12-4-3-5-15(13(12)2)22-30(25,26)16-10-14(11-29-16)17-20-18(28-21-17)19(24)23-6-8-27-9-7-23/h3-5,10-11,22H,6-9H2,1-2H3. The first-order valence-corrected chi connectivity index (χ1v) is 11.6. The topological polar surface area (TPSA) is 115 Å². The van der Waals surface area contributed by atoms with Gasteiger partial charge in [0.05, 0.1) is 18.9 Å². The van der Waals surface area contributed by atoms with Gasteiger partial charge in [-0.2, -0.15) is 4.98 Å². The largest absolute Gasteiger partial charge is 0.378 e. The Labute approximate surface area is 177 Å². The zero-order valence-electron chi connectivity index (χ0n) is 16.4. The molecule has 1 N–H and O–H groups in total. The quantitative estimate of drug-likeness (QED) is 0.638. The predicted molar refractivity (Wildman–Crippen MR) is 111 cm³/mol. The van der Waals surface area contributed by atoms with Crippen LogP contribution in [0.3, 0.4) is 0 Å². The fourth-order valence-corrected chi connectivity index (χ4v) is 5.24. The lowest BCUT2D eigenvalue weighted by atomic mass is 10.1. The summed E-state index contributed by atoms with van der Waals surface area (Å²) in [6, 6.07) is 6.90. The van der Waals surface area contributed by atoms with E-state index < -0.39 is 10.0 Å². The Morgan fingerprint density at radius 3 is 2.77 bits per heavy atom. The summed E-state index contributed by atoms with van der Waals surface area (Å²) in [7, 11) is -3.77. The maximum Gasteiger partial charge on any atom is 0.316 e. The van der Waals surface area contributed by atoms with Crippen molar-refractivity contribution in [2.24, 2.45) is 0 Å². The summed E-state index contributed by atoms with van der Waals surface area (Å²) in [5, 5.41) is 5.45. The van der Waals surface area contributed by atoms with E-state index in [1.807, 2.05) is 19.9 Å². The van der Waals surface area contributed by atoms with E-state index in [4.69, 9.17) is 9.26 Å². The molecule has 4 rings (SSSR count). The number of carbonyl (C=O) groups is 1. The lowest BCUT2D eigenvalue weighted by Gasteiger charge is -2.25. The van der Waals surface area contributed by atoms with Gasteiger partial charge in [0.25, 0.3) is 10.0 Å². The number of nitrogens with one attached hydrogen (secondary N) is 1. The normalized spacial score (nSPS) is 14.7. The minimum Gasteiger partial charge on any atom is -0.378 e. The van der Waals surface area contributed by atoms with Gasteiger partial charge in [0.2, 0.25) is 5.82 Å². The second-order valence-corrected chi connectivity index (χ2v) is 9.66. The van der Waals surface area contributed by atoms with Crippen LogP contribution in [0, 0.1) is 13.8 Å². The van der Waals surface area contributed by atoms with Gasteiger partial charge < -0.3 is 14.2 Å². The minimum atomic E-state index is -3.77. The molecule has 3 aromatic rings. The van der Waals surface area contributed by atoms with Gasteiger partial charge in [-0.3, -0.25) is 9.52 Å². The van der Waals surface area contributed by atoms with Crippen LogP contribution in [0.25, 0.3) is 11.4 Å². The Bertz CT molecular complexity index is 1180. The number of amides is 1. The SMILES string of the molecule is Cc1cccc(NS(=O)(=O)c2cc(-c3noc(C(=O)N4CCOCC4)n3)cs2)c1C. The van der Waals surface area contributed by atoms with Gasteiger partial charge in [-0.25, -0.2) is 8.42 Å². The Hall–Kier alpha value is -2.76. The fraction of sp³-hybridized carbons (Fsp3) is 0.316. The number of ether oxygens (including phenoxy) is 1. The molecule has 0 atom stereocenters. The molecule has 3 heterocycles. The number of carbonyl (C=O) groups excluding carboxylic acids is 1. The molecule has 1 amide bonds. The van der Waals surface area contributed by atoms with Gasteiger partial charge >= 0.3 is 11.8 Å². The molecule has 1 aromatic carbocycles. The van der Waals surface area contributed by atoms with Gasteiger partial charge in [-0.1, -0.05) is 17.3 Å². The number of benzene rings is 1. The Balaban J connectivity index is 1.53. The van der Waals surface area contributed by atoms with Crippen LogP contribution < -0.4 is 4.72 Å². The van der Waals surface area contributed by atoms with Crippen molar-refractivity contribution >= 4 is 33.0 Å². The number of anilines is 1. The summed E-state index contributed by atoms with van der Waals surface area (Å²) in [6.07, 6.45) is 0. The van der Waals surface area contributed by atoms with Crippen molar-refractivity contribution in [3.05, 3.63) is 46.7 Å². The first-order valence-electron chi connectivity index (χ1n) is 9.24. The van der Waals surface area contributed by atoms with E-state index in [-0.39, 0.29) is 21.8 Å². The number of thiophene rings is 1. The number of sulfonamides is 1. The van der Waals surface area contributed by atoms with Gasteiger partial charge in [-0.05, 0) is 37.1 Å². The second kappa shape index (κ2) is 8.17. The van der Waals surface area contributed by atoms with Crippen LogP contribution >= 0.6 is 11.3 Å². The molecule has 0 saturated carbocycles. The zero-order valence-corrected chi connectivity index (χ0v) is 18.0. The molecule has 0 unspecified atom stereocenters. The number of rotatable bonds is 5. The highest BCUT2D eigenvalue weighted by molar-refractivity contribution is 7.94. The molecule has 2 aromatic heterocycles. The molecular formula is C19H20N4O5S2. The van der Waals surface area contributed by atoms with Crippen LogP contribution in [-0.4, -0.2) is 55.7 Å². The van der Waals surface area contributed by atoms with E-state index in [1.165, 1.54) is 6.07 Å². The predicted octanol–water partition coefficient (Wildman–Crippen LogP) is 2.69. The monoisotopic (exact) mass is 448 g/mol. The van der Waals surface area contributed by atoms with Gasteiger partial charge in [0.1, 0.15) is 4.21 Å². The molecule has 0 bridgehead atoms. The lowest BCUT2D eigenvalue weighted by molar-refractivity contribution is 0.0272. The van der Waals surface area contributed by atoms with Crippen LogP contribution in [0.2, 0.25) is 0 Å². The van der Waals surface area contributed by atoms with Crippen LogP contribution in [0.5, 0.6) is 0 Å².